The minimum absolute atomic E-state index is 0.296. The summed E-state index contributed by atoms with van der Waals surface area (Å²) in [5.41, 5.74) is -0.115. The first-order valence-corrected chi connectivity index (χ1v) is 6.35. The lowest BCUT2D eigenvalue weighted by atomic mass is 9.89. The van der Waals surface area contributed by atoms with Gasteiger partial charge in [0.1, 0.15) is 5.82 Å². The average molecular weight is 310 g/mol. The van der Waals surface area contributed by atoms with Crippen molar-refractivity contribution in [2.75, 3.05) is 0 Å². The lowest BCUT2D eigenvalue weighted by molar-refractivity contribution is 0.0537. The van der Waals surface area contributed by atoms with E-state index in [1.165, 1.54) is 6.07 Å². The minimum Gasteiger partial charge on any atom is -0.385 e. The molecule has 1 unspecified atom stereocenters. The number of aliphatic hydroxyl groups is 1. The lowest BCUT2D eigenvalue weighted by Gasteiger charge is -2.24. The van der Waals surface area contributed by atoms with Gasteiger partial charge in [-0.05, 0) is 40.5 Å². The number of hydrogen-bond donors (Lipinski definition) is 1. The largest absolute Gasteiger partial charge is 0.385 e. The third-order valence-corrected chi connectivity index (χ3v) is 3.20. The van der Waals surface area contributed by atoms with Crippen LogP contribution in [-0.2, 0) is 12.0 Å². The molecule has 4 heteroatoms. The van der Waals surface area contributed by atoms with Gasteiger partial charge in [0.15, 0.2) is 0 Å². The molecule has 1 heterocycles. The van der Waals surface area contributed by atoms with E-state index in [0.29, 0.717) is 12.0 Å². The summed E-state index contributed by atoms with van der Waals surface area (Å²) in [4.78, 5) is 4.03. The Balaban J connectivity index is 2.30. The molecule has 0 amide bonds. The van der Waals surface area contributed by atoms with Crippen molar-refractivity contribution in [2.24, 2.45) is 0 Å². The molecule has 2 aromatic rings. The second kappa shape index (κ2) is 5.16. The molecule has 0 aliphatic rings. The molecule has 0 saturated heterocycles. The smallest absolute Gasteiger partial charge is 0.129 e. The summed E-state index contributed by atoms with van der Waals surface area (Å²) in [7, 11) is 0. The number of aromatic nitrogens is 1. The molecule has 0 radical (unpaired) electrons. The average Bonchev–Trinajstić information content (AvgIpc) is 2.28. The number of hydrogen-bond acceptors (Lipinski definition) is 2. The number of halogens is 2. The van der Waals surface area contributed by atoms with E-state index in [4.69, 9.17) is 0 Å². The van der Waals surface area contributed by atoms with Gasteiger partial charge in [-0.1, -0.05) is 18.2 Å². The van der Waals surface area contributed by atoms with Crippen LogP contribution in [0.2, 0.25) is 0 Å². The molecule has 2 rings (SSSR count). The van der Waals surface area contributed by atoms with E-state index < -0.39 is 11.4 Å². The summed E-state index contributed by atoms with van der Waals surface area (Å²) in [5.74, 6) is -0.398. The van der Waals surface area contributed by atoms with E-state index in [1.54, 1.807) is 37.5 Å². The van der Waals surface area contributed by atoms with Gasteiger partial charge in [-0.3, -0.25) is 4.98 Å². The van der Waals surface area contributed by atoms with Crippen LogP contribution in [0.5, 0.6) is 0 Å². The summed E-state index contributed by atoms with van der Waals surface area (Å²) in [6.07, 6.45) is 3.64. The highest BCUT2D eigenvalue weighted by Crippen LogP contribution is 2.27. The third kappa shape index (κ3) is 2.94. The van der Waals surface area contributed by atoms with Gasteiger partial charge < -0.3 is 5.11 Å². The van der Waals surface area contributed by atoms with Crippen LogP contribution in [-0.4, -0.2) is 10.1 Å². The van der Waals surface area contributed by atoms with Gasteiger partial charge in [0.2, 0.25) is 0 Å². The fourth-order valence-electron chi connectivity index (χ4n) is 1.94. The maximum atomic E-state index is 13.7. The van der Waals surface area contributed by atoms with Crippen LogP contribution in [0, 0.1) is 5.82 Å². The Morgan fingerprint density at radius 1 is 1.33 bits per heavy atom. The zero-order valence-electron chi connectivity index (χ0n) is 9.90. The first kappa shape index (κ1) is 13.2. The summed E-state index contributed by atoms with van der Waals surface area (Å²) < 4.78 is 14.5. The number of nitrogens with zero attached hydrogens (tertiary/aromatic N) is 1. The molecule has 0 saturated carbocycles. The summed E-state index contributed by atoms with van der Waals surface area (Å²) in [6.45, 7) is 1.60. The Morgan fingerprint density at radius 3 is 2.72 bits per heavy atom. The first-order chi connectivity index (χ1) is 8.49. The van der Waals surface area contributed by atoms with Gasteiger partial charge in [-0.2, -0.15) is 0 Å². The predicted molar refractivity (Wildman–Crippen MR) is 71.6 cm³/mol. The first-order valence-electron chi connectivity index (χ1n) is 5.56. The minimum atomic E-state index is -1.26. The molecular formula is C14H13BrFNO. The molecule has 1 atom stereocenters. The molecule has 0 bridgehead atoms. The summed E-state index contributed by atoms with van der Waals surface area (Å²) >= 11 is 3.32. The van der Waals surface area contributed by atoms with E-state index in [0.717, 1.165) is 10.0 Å². The molecule has 2 nitrogen and oxygen atoms in total. The summed E-state index contributed by atoms with van der Waals surface area (Å²) in [6, 6.07) is 8.13. The van der Waals surface area contributed by atoms with Crippen LogP contribution in [0.4, 0.5) is 4.39 Å². The predicted octanol–water partition coefficient (Wildman–Crippen LogP) is 3.43. The van der Waals surface area contributed by atoms with Crippen LogP contribution >= 0.6 is 15.9 Å². The molecule has 18 heavy (non-hydrogen) atoms. The van der Waals surface area contributed by atoms with E-state index in [2.05, 4.69) is 20.9 Å². The van der Waals surface area contributed by atoms with Gasteiger partial charge in [0.25, 0.3) is 0 Å². The Morgan fingerprint density at radius 2 is 2.06 bits per heavy atom. The van der Waals surface area contributed by atoms with Crippen molar-refractivity contribution in [3.63, 3.8) is 0 Å². The maximum Gasteiger partial charge on any atom is 0.129 e. The molecule has 1 aromatic carbocycles. The molecule has 0 aliphatic carbocycles. The molecule has 0 aliphatic heterocycles. The van der Waals surface area contributed by atoms with Crippen LogP contribution in [0.1, 0.15) is 18.1 Å². The van der Waals surface area contributed by atoms with Crippen molar-refractivity contribution in [1.29, 1.82) is 0 Å². The SMILES string of the molecule is CC(O)(Cc1cncc(Br)c1)c1ccccc1F. The maximum absolute atomic E-state index is 13.7. The number of benzene rings is 1. The topological polar surface area (TPSA) is 33.1 Å². The molecular weight excluding hydrogens is 297 g/mol. The Hall–Kier alpha value is -1.26. The van der Waals surface area contributed by atoms with Crippen molar-refractivity contribution in [3.8, 4) is 0 Å². The van der Waals surface area contributed by atoms with Gasteiger partial charge in [0.05, 0.1) is 5.60 Å². The fraction of sp³-hybridized carbons (Fsp3) is 0.214. The molecule has 1 aromatic heterocycles. The lowest BCUT2D eigenvalue weighted by Crippen LogP contribution is -2.25. The second-order valence-electron chi connectivity index (χ2n) is 4.44. The highest BCUT2D eigenvalue weighted by Gasteiger charge is 2.26. The van der Waals surface area contributed by atoms with Gasteiger partial charge in [-0.15, -0.1) is 0 Å². The monoisotopic (exact) mass is 309 g/mol. The molecule has 0 fully saturated rings. The normalized spacial score (nSPS) is 14.2. The third-order valence-electron chi connectivity index (χ3n) is 2.76. The van der Waals surface area contributed by atoms with Crippen molar-refractivity contribution in [1.82, 2.24) is 4.98 Å². The van der Waals surface area contributed by atoms with Gasteiger partial charge in [-0.25, -0.2) is 4.39 Å². The number of pyridine rings is 1. The second-order valence-corrected chi connectivity index (χ2v) is 5.36. The Labute approximate surface area is 114 Å². The van der Waals surface area contributed by atoms with E-state index in [-0.39, 0.29) is 0 Å². The van der Waals surface area contributed by atoms with Gasteiger partial charge in [0, 0.05) is 28.9 Å². The van der Waals surface area contributed by atoms with Crippen molar-refractivity contribution < 1.29 is 9.50 Å². The van der Waals surface area contributed by atoms with Crippen LogP contribution in [0.3, 0.4) is 0 Å². The molecule has 1 N–H and O–H groups in total. The molecule has 94 valence electrons. The van der Waals surface area contributed by atoms with Crippen molar-refractivity contribution in [2.45, 2.75) is 18.9 Å². The van der Waals surface area contributed by atoms with Crippen molar-refractivity contribution >= 4 is 15.9 Å². The fourth-order valence-corrected chi connectivity index (χ4v) is 2.36. The summed E-state index contributed by atoms with van der Waals surface area (Å²) in [5, 5.41) is 10.4. The van der Waals surface area contributed by atoms with E-state index in [9.17, 15) is 9.50 Å². The van der Waals surface area contributed by atoms with E-state index >= 15 is 0 Å². The molecule has 0 spiro atoms. The standard InChI is InChI=1S/C14H13BrFNO/c1-14(18,12-4-2-3-5-13(12)16)7-10-6-11(15)9-17-8-10/h2-6,8-9,18H,7H2,1H3. The number of rotatable bonds is 3. The van der Waals surface area contributed by atoms with E-state index in [1.807, 2.05) is 6.07 Å². The van der Waals surface area contributed by atoms with Crippen LogP contribution < -0.4 is 0 Å². The zero-order valence-corrected chi connectivity index (χ0v) is 11.5. The zero-order chi connectivity index (χ0) is 13.2. The quantitative estimate of drug-likeness (QED) is 0.942. The van der Waals surface area contributed by atoms with Crippen LogP contribution in [0.15, 0.2) is 47.2 Å². The Kier molecular flexibility index (Phi) is 3.78. The highest BCUT2D eigenvalue weighted by atomic mass is 79.9. The Bertz CT molecular complexity index is 557. The van der Waals surface area contributed by atoms with Crippen molar-refractivity contribution in [3.05, 3.63) is 64.1 Å². The van der Waals surface area contributed by atoms with Gasteiger partial charge >= 0.3 is 0 Å². The van der Waals surface area contributed by atoms with Crippen LogP contribution in [0.25, 0.3) is 0 Å². The highest BCUT2D eigenvalue weighted by molar-refractivity contribution is 9.10.